The lowest BCUT2D eigenvalue weighted by Crippen LogP contribution is -2.14. The van der Waals surface area contributed by atoms with E-state index in [0.29, 0.717) is 12.5 Å². The number of nitrogens with one attached hydrogen (secondary N) is 2. The summed E-state index contributed by atoms with van der Waals surface area (Å²) in [5.41, 5.74) is 3.34. The quantitative estimate of drug-likeness (QED) is 0.816. The molecule has 0 fully saturated rings. The van der Waals surface area contributed by atoms with Crippen molar-refractivity contribution in [1.82, 2.24) is 20.5 Å². The van der Waals surface area contributed by atoms with Crippen LogP contribution in [0.15, 0.2) is 24.5 Å². The zero-order chi connectivity index (χ0) is 12.8. The van der Waals surface area contributed by atoms with Gasteiger partial charge in [-0.3, -0.25) is 5.10 Å². The van der Waals surface area contributed by atoms with E-state index in [4.69, 9.17) is 4.74 Å². The molecule has 2 heterocycles. The number of aryl methyl sites for hydroxylation is 1. The van der Waals surface area contributed by atoms with Crippen LogP contribution in [0.2, 0.25) is 0 Å². The predicted octanol–water partition coefficient (Wildman–Crippen LogP) is 1.80. The van der Waals surface area contributed by atoms with Gasteiger partial charge in [0.05, 0.1) is 12.8 Å². The third kappa shape index (κ3) is 3.07. The minimum Gasteiger partial charge on any atom is -0.478 e. The second kappa shape index (κ2) is 6.16. The summed E-state index contributed by atoms with van der Waals surface area (Å²) < 4.78 is 5.48. The number of ether oxygens (including phenoxy) is 1. The van der Waals surface area contributed by atoms with Gasteiger partial charge in [0.2, 0.25) is 5.88 Å². The van der Waals surface area contributed by atoms with Crippen molar-refractivity contribution >= 4 is 0 Å². The number of hydrogen-bond donors (Lipinski definition) is 2. The third-order valence-electron chi connectivity index (χ3n) is 2.70. The highest BCUT2D eigenvalue weighted by molar-refractivity contribution is 5.25. The van der Waals surface area contributed by atoms with E-state index in [1.54, 1.807) is 6.20 Å². The highest BCUT2D eigenvalue weighted by Crippen LogP contribution is 2.14. The van der Waals surface area contributed by atoms with Gasteiger partial charge in [-0.25, -0.2) is 4.98 Å². The molecule has 18 heavy (non-hydrogen) atoms. The van der Waals surface area contributed by atoms with Crippen molar-refractivity contribution < 1.29 is 4.74 Å². The molecule has 0 amide bonds. The normalized spacial score (nSPS) is 10.6. The summed E-state index contributed by atoms with van der Waals surface area (Å²) in [4.78, 5) is 4.22. The third-order valence-corrected chi connectivity index (χ3v) is 2.70. The van der Waals surface area contributed by atoms with E-state index in [1.165, 1.54) is 5.56 Å². The number of aromatic nitrogens is 3. The highest BCUT2D eigenvalue weighted by atomic mass is 16.5. The molecule has 0 aromatic carbocycles. The predicted molar refractivity (Wildman–Crippen MR) is 69.3 cm³/mol. The Morgan fingerprint density at radius 2 is 2.17 bits per heavy atom. The highest BCUT2D eigenvalue weighted by Gasteiger charge is 2.04. The average molecular weight is 246 g/mol. The van der Waals surface area contributed by atoms with Crippen molar-refractivity contribution in [2.75, 3.05) is 6.61 Å². The van der Waals surface area contributed by atoms with Gasteiger partial charge < -0.3 is 10.1 Å². The molecular formula is C13H18N4O. The molecule has 5 heteroatoms. The van der Waals surface area contributed by atoms with E-state index < -0.39 is 0 Å². The molecule has 0 aliphatic rings. The van der Waals surface area contributed by atoms with Crippen molar-refractivity contribution in [2.45, 2.75) is 26.9 Å². The molecule has 0 aliphatic carbocycles. The summed E-state index contributed by atoms with van der Waals surface area (Å²) in [6.45, 7) is 6.11. The Kier molecular flexibility index (Phi) is 4.30. The fourth-order valence-corrected chi connectivity index (χ4v) is 1.71. The summed E-state index contributed by atoms with van der Waals surface area (Å²) >= 11 is 0. The number of aromatic amines is 1. The Morgan fingerprint density at radius 1 is 1.33 bits per heavy atom. The van der Waals surface area contributed by atoms with Gasteiger partial charge in [-0.2, -0.15) is 5.10 Å². The van der Waals surface area contributed by atoms with Crippen molar-refractivity contribution in [2.24, 2.45) is 0 Å². The minimum atomic E-state index is 0.630. The topological polar surface area (TPSA) is 62.8 Å². The molecule has 0 atom stereocenters. The standard InChI is InChI=1S/C13H18N4O/c1-3-18-13-11(5-4-6-15-13)7-14-8-12-9-16-17-10(12)2/h4-6,9,14H,3,7-8H2,1-2H3,(H,16,17). The molecule has 0 unspecified atom stereocenters. The maximum absolute atomic E-state index is 5.48. The van der Waals surface area contributed by atoms with Gasteiger partial charge in [-0.1, -0.05) is 6.07 Å². The van der Waals surface area contributed by atoms with Crippen LogP contribution in [0.3, 0.4) is 0 Å². The molecule has 2 aromatic heterocycles. The van der Waals surface area contributed by atoms with E-state index in [0.717, 1.165) is 24.3 Å². The van der Waals surface area contributed by atoms with Gasteiger partial charge >= 0.3 is 0 Å². The molecule has 96 valence electrons. The Hall–Kier alpha value is -1.88. The first-order valence-corrected chi connectivity index (χ1v) is 6.07. The number of rotatable bonds is 6. The zero-order valence-corrected chi connectivity index (χ0v) is 10.7. The number of pyridine rings is 1. The van der Waals surface area contributed by atoms with Crippen molar-refractivity contribution in [1.29, 1.82) is 0 Å². The molecule has 0 radical (unpaired) electrons. The Bertz CT molecular complexity index is 495. The van der Waals surface area contributed by atoms with Crippen LogP contribution < -0.4 is 10.1 Å². The van der Waals surface area contributed by atoms with E-state index in [9.17, 15) is 0 Å². The van der Waals surface area contributed by atoms with Crippen LogP contribution in [0, 0.1) is 6.92 Å². The van der Waals surface area contributed by atoms with Crippen molar-refractivity contribution in [3.8, 4) is 5.88 Å². The summed E-state index contributed by atoms with van der Waals surface area (Å²) in [7, 11) is 0. The Morgan fingerprint density at radius 3 is 2.89 bits per heavy atom. The molecule has 2 aromatic rings. The molecular weight excluding hydrogens is 228 g/mol. The smallest absolute Gasteiger partial charge is 0.217 e. The maximum atomic E-state index is 5.48. The van der Waals surface area contributed by atoms with Crippen molar-refractivity contribution in [3.63, 3.8) is 0 Å². The number of nitrogens with zero attached hydrogens (tertiary/aromatic N) is 2. The molecule has 5 nitrogen and oxygen atoms in total. The van der Waals surface area contributed by atoms with Crippen molar-refractivity contribution in [3.05, 3.63) is 41.3 Å². The van der Waals surface area contributed by atoms with Gasteiger partial charge in [0, 0.05) is 36.1 Å². The second-order valence-electron chi connectivity index (χ2n) is 4.02. The van der Waals surface area contributed by atoms with E-state index >= 15 is 0 Å². The Labute approximate surface area is 107 Å². The van der Waals surface area contributed by atoms with Crippen LogP contribution >= 0.6 is 0 Å². The molecule has 2 rings (SSSR count). The van der Waals surface area contributed by atoms with Crippen LogP contribution in [0.25, 0.3) is 0 Å². The first kappa shape index (κ1) is 12.6. The lowest BCUT2D eigenvalue weighted by atomic mass is 10.2. The summed E-state index contributed by atoms with van der Waals surface area (Å²) in [6.07, 6.45) is 3.59. The largest absolute Gasteiger partial charge is 0.478 e. The van der Waals surface area contributed by atoms with Crippen LogP contribution in [0.5, 0.6) is 5.88 Å². The average Bonchev–Trinajstić information content (AvgIpc) is 2.78. The molecule has 2 N–H and O–H groups in total. The zero-order valence-electron chi connectivity index (χ0n) is 10.7. The van der Waals surface area contributed by atoms with Crippen LogP contribution in [0.4, 0.5) is 0 Å². The fourth-order valence-electron chi connectivity index (χ4n) is 1.71. The maximum Gasteiger partial charge on any atom is 0.217 e. The molecule has 0 bridgehead atoms. The lowest BCUT2D eigenvalue weighted by molar-refractivity contribution is 0.322. The summed E-state index contributed by atoms with van der Waals surface area (Å²) in [6, 6.07) is 3.94. The van der Waals surface area contributed by atoms with E-state index in [-0.39, 0.29) is 0 Å². The molecule has 0 saturated carbocycles. The Balaban J connectivity index is 1.92. The number of H-pyrrole nitrogens is 1. The fraction of sp³-hybridized carbons (Fsp3) is 0.385. The first-order valence-electron chi connectivity index (χ1n) is 6.07. The monoisotopic (exact) mass is 246 g/mol. The second-order valence-corrected chi connectivity index (χ2v) is 4.02. The summed E-state index contributed by atoms with van der Waals surface area (Å²) in [5.74, 6) is 0.705. The summed E-state index contributed by atoms with van der Waals surface area (Å²) in [5, 5.41) is 10.3. The van der Waals surface area contributed by atoms with Gasteiger partial charge in [0.25, 0.3) is 0 Å². The van der Waals surface area contributed by atoms with E-state index in [2.05, 4.69) is 20.5 Å². The van der Waals surface area contributed by atoms with Crippen LogP contribution in [-0.2, 0) is 13.1 Å². The molecule has 0 saturated heterocycles. The molecule has 0 spiro atoms. The first-order chi connectivity index (χ1) is 8.81. The lowest BCUT2D eigenvalue weighted by Gasteiger charge is -2.09. The minimum absolute atomic E-state index is 0.630. The van der Waals surface area contributed by atoms with Gasteiger partial charge in [0.15, 0.2) is 0 Å². The van der Waals surface area contributed by atoms with Gasteiger partial charge in [-0.05, 0) is 19.9 Å². The molecule has 0 aliphatic heterocycles. The van der Waals surface area contributed by atoms with Gasteiger partial charge in [-0.15, -0.1) is 0 Å². The van der Waals surface area contributed by atoms with E-state index in [1.807, 2.05) is 32.2 Å². The van der Waals surface area contributed by atoms with Crippen LogP contribution in [0.1, 0.15) is 23.7 Å². The van der Waals surface area contributed by atoms with Crippen LogP contribution in [-0.4, -0.2) is 21.8 Å². The number of hydrogen-bond acceptors (Lipinski definition) is 4. The SMILES string of the molecule is CCOc1ncccc1CNCc1cn[nH]c1C. The van der Waals surface area contributed by atoms with Gasteiger partial charge in [0.1, 0.15) is 0 Å².